The summed E-state index contributed by atoms with van der Waals surface area (Å²) in [6.45, 7) is 6.89. The molecule has 0 aliphatic rings. The van der Waals surface area contributed by atoms with Gasteiger partial charge in [-0.1, -0.05) is 63.9 Å². The molecule has 0 radical (unpaired) electrons. The van der Waals surface area contributed by atoms with E-state index < -0.39 is 0 Å². The van der Waals surface area contributed by atoms with Gasteiger partial charge in [-0.2, -0.15) is 0 Å². The fourth-order valence-corrected chi connectivity index (χ4v) is 3.76. The standard InChI is InChI=1S/C24H29NO3/c1-4-14-27-18-12-13-19-20(15-18)28-24(26)22(23(25)16(5-2)6-3)21(19)17-10-8-7-9-11-17/h7-13,15-16,23H,4-6,14,25H2,1-3H3. The summed E-state index contributed by atoms with van der Waals surface area (Å²) in [5.41, 5.74) is 9.17. The monoisotopic (exact) mass is 379 g/mol. The van der Waals surface area contributed by atoms with E-state index in [1.165, 1.54) is 0 Å². The summed E-state index contributed by atoms with van der Waals surface area (Å²) in [7, 11) is 0. The molecular weight excluding hydrogens is 350 g/mol. The zero-order chi connectivity index (χ0) is 20.1. The van der Waals surface area contributed by atoms with E-state index in [-0.39, 0.29) is 17.6 Å². The minimum atomic E-state index is -0.373. The van der Waals surface area contributed by atoms with Gasteiger partial charge in [-0.05, 0) is 30.0 Å². The van der Waals surface area contributed by atoms with Gasteiger partial charge >= 0.3 is 5.63 Å². The van der Waals surface area contributed by atoms with Crippen LogP contribution in [-0.4, -0.2) is 6.61 Å². The third kappa shape index (κ3) is 3.97. The first-order chi connectivity index (χ1) is 13.6. The summed E-state index contributed by atoms with van der Waals surface area (Å²) in [5.74, 6) is 0.920. The van der Waals surface area contributed by atoms with Gasteiger partial charge in [0.05, 0.1) is 12.2 Å². The maximum absolute atomic E-state index is 13.0. The third-order valence-corrected chi connectivity index (χ3v) is 5.34. The molecule has 0 aliphatic carbocycles. The second-order valence-corrected chi connectivity index (χ2v) is 7.15. The van der Waals surface area contributed by atoms with Crippen LogP contribution in [0.3, 0.4) is 0 Å². The fraction of sp³-hybridized carbons (Fsp3) is 0.375. The Morgan fingerprint density at radius 2 is 1.75 bits per heavy atom. The molecule has 0 saturated heterocycles. The fourth-order valence-electron chi connectivity index (χ4n) is 3.76. The van der Waals surface area contributed by atoms with Crippen molar-refractivity contribution in [1.82, 2.24) is 0 Å². The molecular formula is C24H29NO3. The molecule has 2 aromatic carbocycles. The average Bonchev–Trinajstić information content (AvgIpc) is 2.72. The van der Waals surface area contributed by atoms with Crippen molar-refractivity contribution in [3.05, 3.63) is 64.5 Å². The Labute approximate surface area is 166 Å². The van der Waals surface area contributed by atoms with E-state index in [4.69, 9.17) is 14.9 Å². The minimum Gasteiger partial charge on any atom is -0.493 e. The summed E-state index contributed by atoms with van der Waals surface area (Å²) in [6.07, 6.45) is 2.74. The maximum atomic E-state index is 13.0. The highest BCUT2D eigenvalue weighted by Gasteiger charge is 2.26. The van der Waals surface area contributed by atoms with Gasteiger partial charge in [0.1, 0.15) is 11.3 Å². The molecule has 1 unspecified atom stereocenters. The van der Waals surface area contributed by atoms with Gasteiger partial charge in [0, 0.05) is 23.1 Å². The molecule has 1 atom stereocenters. The highest BCUT2D eigenvalue weighted by molar-refractivity contribution is 5.95. The Hall–Kier alpha value is -2.59. The number of hydrogen-bond acceptors (Lipinski definition) is 4. The van der Waals surface area contributed by atoms with Gasteiger partial charge in [0.15, 0.2) is 0 Å². The first-order valence-corrected chi connectivity index (χ1v) is 10.1. The largest absolute Gasteiger partial charge is 0.493 e. The molecule has 2 N–H and O–H groups in total. The Bertz CT molecular complexity index is 974. The third-order valence-electron chi connectivity index (χ3n) is 5.34. The van der Waals surface area contributed by atoms with Crippen LogP contribution < -0.4 is 16.1 Å². The molecule has 0 saturated carbocycles. The molecule has 0 aliphatic heterocycles. The van der Waals surface area contributed by atoms with E-state index in [0.29, 0.717) is 23.5 Å². The highest BCUT2D eigenvalue weighted by Crippen LogP contribution is 2.37. The molecule has 148 valence electrons. The normalized spacial score (nSPS) is 12.5. The van der Waals surface area contributed by atoms with Crippen molar-refractivity contribution >= 4 is 11.0 Å². The Balaban J connectivity index is 2.27. The number of rotatable bonds is 8. The first-order valence-electron chi connectivity index (χ1n) is 10.1. The summed E-state index contributed by atoms with van der Waals surface area (Å²) in [4.78, 5) is 13.0. The smallest absolute Gasteiger partial charge is 0.341 e. The summed E-state index contributed by atoms with van der Waals surface area (Å²) in [6, 6.07) is 15.3. The average molecular weight is 380 g/mol. The quantitative estimate of drug-likeness (QED) is 0.511. The lowest BCUT2D eigenvalue weighted by Crippen LogP contribution is -2.27. The van der Waals surface area contributed by atoms with Crippen LogP contribution in [0.15, 0.2) is 57.7 Å². The van der Waals surface area contributed by atoms with Crippen LogP contribution in [0.2, 0.25) is 0 Å². The van der Waals surface area contributed by atoms with Crippen LogP contribution in [0.25, 0.3) is 22.1 Å². The SMILES string of the molecule is CCCOc1ccc2c(-c3ccccc3)c(C(N)C(CC)CC)c(=O)oc2c1. The van der Waals surface area contributed by atoms with Gasteiger partial charge in [-0.15, -0.1) is 0 Å². The zero-order valence-electron chi connectivity index (χ0n) is 16.9. The van der Waals surface area contributed by atoms with E-state index in [0.717, 1.165) is 35.8 Å². The van der Waals surface area contributed by atoms with E-state index in [2.05, 4.69) is 20.8 Å². The van der Waals surface area contributed by atoms with Crippen molar-refractivity contribution in [2.24, 2.45) is 11.7 Å². The van der Waals surface area contributed by atoms with E-state index in [1.54, 1.807) is 6.07 Å². The molecule has 0 fully saturated rings. The number of nitrogens with two attached hydrogens (primary N) is 1. The van der Waals surface area contributed by atoms with Crippen LogP contribution in [-0.2, 0) is 0 Å². The Morgan fingerprint density at radius 1 is 1.04 bits per heavy atom. The summed E-state index contributed by atoms with van der Waals surface area (Å²) < 4.78 is 11.4. The van der Waals surface area contributed by atoms with Crippen molar-refractivity contribution in [2.75, 3.05) is 6.61 Å². The van der Waals surface area contributed by atoms with Crippen molar-refractivity contribution in [3.8, 4) is 16.9 Å². The number of hydrogen-bond donors (Lipinski definition) is 1. The molecule has 0 spiro atoms. The molecule has 4 heteroatoms. The highest BCUT2D eigenvalue weighted by atomic mass is 16.5. The first kappa shape index (κ1) is 20.2. The zero-order valence-corrected chi connectivity index (χ0v) is 16.9. The second kappa shape index (κ2) is 9.07. The van der Waals surface area contributed by atoms with Crippen molar-refractivity contribution in [2.45, 2.75) is 46.1 Å². The number of fused-ring (bicyclic) bond motifs is 1. The lowest BCUT2D eigenvalue weighted by atomic mass is 9.85. The molecule has 3 aromatic rings. The minimum absolute atomic E-state index is 0.218. The van der Waals surface area contributed by atoms with Crippen molar-refractivity contribution < 1.29 is 9.15 Å². The Morgan fingerprint density at radius 3 is 2.39 bits per heavy atom. The molecule has 0 amide bonds. The van der Waals surface area contributed by atoms with E-state index in [1.807, 2.05) is 42.5 Å². The van der Waals surface area contributed by atoms with Crippen LogP contribution in [0.1, 0.15) is 51.6 Å². The number of benzene rings is 2. The van der Waals surface area contributed by atoms with Gasteiger partial charge in [-0.3, -0.25) is 0 Å². The lowest BCUT2D eigenvalue weighted by molar-refractivity contribution is 0.317. The maximum Gasteiger partial charge on any atom is 0.341 e. The topological polar surface area (TPSA) is 65.5 Å². The molecule has 28 heavy (non-hydrogen) atoms. The molecule has 0 bridgehead atoms. The van der Waals surface area contributed by atoms with Crippen LogP contribution >= 0.6 is 0 Å². The molecule has 1 heterocycles. The predicted octanol–water partition coefficient (Wildman–Crippen LogP) is 5.68. The Kier molecular flexibility index (Phi) is 6.53. The summed E-state index contributed by atoms with van der Waals surface area (Å²) in [5, 5.41) is 0.881. The number of ether oxygens (including phenoxy) is 1. The molecule has 3 rings (SSSR count). The van der Waals surface area contributed by atoms with E-state index >= 15 is 0 Å². The van der Waals surface area contributed by atoms with Gasteiger partial charge in [0.25, 0.3) is 0 Å². The van der Waals surface area contributed by atoms with E-state index in [9.17, 15) is 4.79 Å². The van der Waals surface area contributed by atoms with Crippen LogP contribution in [0, 0.1) is 5.92 Å². The molecule has 4 nitrogen and oxygen atoms in total. The van der Waals surface area contributed by atoms with Crippen molar-refractivity contribution in [3.63, 3.8) is 0 Å². The van der Waals surface area contributed by atoms with Gasteiger partial charge < -0.3 is 14.9 Å². The van der Waals surface area contributed by atoms with Crippen LogP contribution in [0.4, 0.5) is 0 Å². The predicted molar refractivity (Wildman–Crippen MR) is 115 cm³/mol. The second-order valence-electron chi connectivity index (χ2n) is 7.15. The summed E-state index contributed by atoms with van der Waals surface area (Å²) >= 11 is 0. The van der Waals surface area contributed by atoms with Crippen LogP contribution in [0.5, 0.6) is 5.75 Å². The van der Waals surface area contributed by atoms with Gasteiger partial charge in [-0.25, -0.2) is 4.79 Å². The van der Waals surface area contributed by atoms with Gasteiger partial charge in [0.2, 0.25) is 0 Å². The lowest BCUT2D eigenvalue weighted by Gasteiger charge is -2.23. The van der Waals surface area contributed by atoms with Crippen molar-refractivity contribution in [1.29, 1.82) is 0 Å². The molecule has 1 aromatic heterocycles.